The molecule has 2 amide bonds. The second-order valence-corrected chi connectivity index (χ2v) is 4.89. The van der Waals surface area contributed by atoms with Gasteiger partial charge in [-0.15, -0.1) is 0 Å². The molecule has 5 nitrogen and oxygen atoms in total. The van der Waals surface area contributed by atoms with Crippen LogP contribution in [0.5, 0.6) is 0 Å². The van der Waals surface area contributed by atoms with Crippen LogP contribution in [-0.4, -0.2) is 18.5 Å². The van der Waals surface area contributed by atoms with Crippen LogP contribution in [0.25, 0.3) is 0 Å². The Labute approximate surface area is 129 Å². The van der Waals surface area contributed by atoms with E-state index in [4.69, 9.17) is 0 Å². The fourth-order valence-electron chi connectivity index (χ4n) is 1.66. The third-order valence-electron chi connectivity index (χ3n) is 2.91. The third kappa shape index (κ3) is 5.20. The van der Waals surface area contributed by atoms with Crippen LogP contribution in [0, 0.1) is 13.8 Å². The number of nitrogens with one attached hydrogen (secondary N) is 2. The lowest BCUT2D eigenvalue weighted by Crippen LogP contribution is -2.28. The number of carbonyl (C=O) groups excluding carboxylic acids is 1. The van der Waals surface area contributed by atoms with E-state index in [2.05, 4.69) is 21.1 Å². The molecule has 2 N–H and O–H groups in total. The van der Waals surface area contributed by atoms with Gasteiger partial charge in [0, 0.05) is 0 Å². The summed E-state index contributed by atoms with van der Waals surface area (Å²) >= 11 is 0. The van der Waals surface area contributed by atoms with Crippen LogP contribution in [0.4, 0.5) is 4.79 Å². The Hall–Kier alpha value is -2.95. The Kier molecular flexibility index (Phi) is 5.43. The van der Waals surface area contributed by atoms with Gasteiger partial charge in [0.05, 0.1) is 12.4 Å². The summed E-state index contributed by atoms with van der Waals surface area (Å²) in [4.78, 5) is 11.5. The number of aryl methyl sites for hydroxylation is 2. The van der Waals surface area contributed by atoms with E-state index in [1.807, 2.05) is 62.4 Å². The molecule has 2 aromatic carbocycles. The molecule has 2 aromatic rings. The van der Waals surface area contributed by atoms with E-state index in [1.165, 1.54) is 11.1 Å². The number of nitrogens with zero attached hydrogens (tertiary/aromatic N) is 2. The topological polar surface area (TPSA) is 65.8 Å². The van der Waals surface area contributed by atoms with Crippen molar-refractivity contribution in [2.45, 2.75) is 13.8 Å². The van der Waals surface area contributed by atoms with Gasteiger partial charge in [0.25, 0.3) is 0 Å². The normalized spacial score (nSPS) is 11.0. The molecule has 0 aliphatic carbocycles. The lowest BCUT2D eigenvalue weighted by Gasteiger charge is -1.98. The highest BCUT2D eigenvalue weighted by molar-refractivity contribution is 5.83. The minimum Gasteiger partial charge on any atom is -0.245 e. The van der Waals surface area contributed by atoms with Crippen molar-refractivity contribution in [3.63, 3.8) is 0 Å². The standard InChI is InChI=1S/C17H18N4O/c1-13-3-7-15(8-4-13)11-18-20-17(22)21-19-12-16-9-5-14(2)6-10-16/h3-12H,1-2H3,(H2,20,21,22)/b18-11+,19-12+. The summed E-state index contributed by atoms with van der Waals surface area (Å²) in [7, 11) is 0. The highest BCUT2D eigenvalue weighted by Gasteiger charge is 1.94. The molecule has 112 valence electrons. The molecule has 5 heteroatoms. The minimum absolute atomic E-state index is 0.494. The Morgan fingerprint density at radius 1 is 0.773 bits per heavy atom. The Balaban J connectivity index is 1.78. The summed E-state index contributed by atoms with van der Waals surface area (Å²) in [5.74, 6) is 0. The summed E-state index contributed by atoms with van der Waals surface area (Å²) in [6.45, 7) is 4.03. The van der Waals surface area contributed by atoms with Crippen molar-refractivity contribution in [3.05, 3.63) is 70.8 Å². The highest BCUT2D eigenvalue weighted by atomic mass is 16.2. The first-order valence-corrected chi connectivity index (χ1v) is 6.89. The predicted molar refractivity (Wildman–Crippen MR) is 89.2 cm³/mol. The van der Waals surface area contributed by atoms with Crippen molar-refractivity contribution in [2.24, 2.45) is 10.2 Å². The summed E-state index contributed by atoms with van der Waals surface area (Å²) in [6, 6.07) is 15.1. The fraction of sp³-hybridized carbons (Fsp3) is 0.118. The van der Waals surface area contributed by atoms with Crippen LogP contribution in [0.3, 0.4) is 0 Å². The minimum atomic E-state index is -0.494. The smallest absolute Gasteiger partial charge is 0.245 e. The SMILES string of the molecule is Cc1ccc(/C=N/NC(=O)N/N=C/c2ccc(C)cc2)cc1. The number of amides is 2. The molecule has 0 aliphatic heterocycles. The first-order chi connectivity index (χ1) is 10.6. The molecule has 0 unspecified atom stereocenters. The summed E-state index contributed by atoms with van der Waals surface area (Å²) < 4.78 is 0. The van der Waals surface area contributed by atoms with E-state index in [1.54, 1.807) is 12.4 Å². The second-order valence-electron chi connectivity index (χ2n) is 4.89. The number of hydrogen-bond acceptors (Lipinski definition) is 3. The van der Waals surface area contributed by atoms with Crippen molar-refractivity contribution >= 4 is 18.5 Å². The van der Waals surface area contributed by atoms with Crippen molar-refractivity contribution in [1.82, 2.24) is 10.9 Å². The van der Waals surface area contributed by atoms with Gasteiger partial charge in [-0.1, -0.05) is 59.7 Å². The predicted octanol–water partition coefficient (Wildman–Crippen LogP) is 2.97. The van der Waals surface area contributed by atoms with Crippen LogP contribution < -0.4 is 10.9 Å². The van der Waals surface area contributed by atoms with Crippen LogP contribution in [0.2, 0.25) is 0 Å². The Morgan fingerprint density at radius 3 is 1.50 bits per heavy atom. The van der Waals surface area contributed by atoms with Crippen LogP contribution in [0.15, 0.2) is 58.7 Å². The summed E-state index contributed by atoms with van der Waals surface area (Å²) in [5.41, 5.74) is 8.86. The largest absolute Gasteiger partial charge is 0.355 e. The van der Waals surface area contributed by atoms with E-state index in [0.29, 0.717) is 0 Å². The van der Waals surface area contributed by atoms with Crippen LogP contribution in [-0.2, 0) is 0 Å². The molecule has 0 atom stereocenters. The number of benzene rings is 2. The van der Waals surface area contributed by atoms with E-state index < -0.39 is 6.03 Å². The van der Waals surface area contributed by atoms with Gasteiger partial charge in [0.2, 0.25) is 0 Å². The van der Waals surface area contributed by atoms with Gasteiger partial charge in [-0.05, 0) is 25.0 Å². The maximum Gasteiger partial charge on any atom is 0.355 e. The molecular weight excluding hydrogens is 276 g/mol. The van der Waals surface area contributed by atoms with Crippen molar-refractivity contribution in [2.75, 3.05) is 0 Å². The third-order valence-corrected chi connectivity index (χ3v) is 2.91. The quantitative estimate of drug-likeness (QED) is 0.660. The van der Waals surface area contributed by atoms with Crippen molar-refractivity contribution in [1.29, 1.82) is 0 Å². The number of carbonyl (C=O) groups is 1. The van der Waals surface area contributed by atoms with Gasteiger partial charge >= 0.3 is 6.03 Å². The van der Waals surface area contributed by atoms with Gasteiger partial charge < -0.3 is 0 Å². The first kappa shape index (κ1) is 15.4. The second kappa shape index (κ2) is 7.73. The van der Waals surface area contributed by atoms with Crippen molar-refractivity contribution in [3.8, 4) is 0 Å². The van der Waals surface area contributed by atoms with E-state index in [-0.39, 0.29) is 0 Å². The van der Waals surface area contributed by atoms with Crippen LogP contribution >= 0.6 is 0 Å². The van der Waals surface area contributed by atoms with Crippen LogP contribution in [0.1, 0.15) is 22.3 Å². The van der Waals surface area contributed by atoms with Gasteiger partial charge in [-0.3, -0.25) is 0 Å². The summed E-state index contributed by atoms with van der Waals surface area (Å²) in [6.07, 6.45) is 3.14. The lowest BCUT2D eigenvalue weighted by molar-refractivity contribution is 0.242. The van der Waals surface area contributed by atoms with E-state index >= 15 is 0 Å². The number of rotatable bonds is 4. The Morgan fingerprint density at radius 2 is 1.14 bits per heavy atom. The average molecular weight is 294 g/mol. The Bertz CT molecular complexity index is 613. The van der Waals surface area contributed by atoms with Gasteiger partial charge in [-0.25, -0.2) is 15.6 Å². The molecular formula is C17H18N4O. The first-order valence-electron chi connectivity index (χ1n) is 6.89. The molecule has 0 bridgehead atoms. The molecule has 0 radical (unpaired) electrons. The highest BCUT2D eigenvalue weighted by Crippen LogP contribution is 2.00. The molecule has 0 aromatic heterocycles. The molecule has 22 heavy (non-hydrogen) atoms. The monoisotopic (exact) mass is 294 g/mol. The molecule has 2 rings (SSSR count). The zero-order valence-electron chi connectivity index (χ0n) is 12.6. The summed E-state index contributed by atoms with van der Waals surface area (Å²) in [5, 5.41) is 7.70. The average Bonchev–Trinajstić information content (AvgIpc) is 2.51. The number of hydrazone groups is 2. The number of urea groups is 1. The molecule has 0 aliphatic rings. The molecule has 0 heterocycles. The van der Waals surface area contributed by atoms with E-state index in [9.17, 15) is 4.79 Å². The van der Waals surface area contributed by atoms with Gasteiger partial charge in [0.1, 0.15) is 0 Å². The molecule has 0 fully saturated rings. The van der Waals surface area contributed by atoms with E-state index in [0.717, 1.165) is 11.1 Å². The molecule has 0 saturated heterocycles. The van der Waals surface area contributed by atoms with Gasteiger partial charge in [0.15, 0.2) is 0 Å². The zero-order valence-corrected chi connectivity index (χ0v) is 12.6. The number of hydrogen-bond donors (Lipinski definition) is 2. The maximum atomic E-state index is 11.5. The zero-order chi connectivity index (χ0) is 15.8. The molecule has 0 spiro atoms. The van der Waals surface area contributed by atoms with Gasteiger partial charge in [-0.2, -0.15) is 10.2 Å². The van der Waals surface area contributed by atoms with Crippen molar-refractivity contribution < 1.29 is 4.79 Å². The molecule has 0 saturated carbocycles. The fourth-order valence-corrected chi connectivity index (χ4v) is 1.66. The lowest BCUT2D eigenvalue weighted by atomic mass is 10.2. The maximum absolute atomic E-state index is 11.5.